The third-order valence-corrected chi connectivity index (χ3v) is 1.85. The molecule has 1 aromatic rings. The Morgan fingerprint density at radius 2 is 2.23 bits per heavy atom. The highest BCUT2D eigenvalue weighted by molar-refractivity contribution is 5.89. The van der Waals surface area contributed by atoms with E-state index in [0.29, 0.717) is 12.6 Å². The number of nitrogens with one attached hydrogen (secondary N) is 1. The second-order valence-electron chi connectivity index (χ2n) is 3.35. The van der Waals surface area contributed by atoms with Crippen molar-refractivity contribution in [2.45, 2.75) is 26.4 Å². The number of aromatic nitrogens is 2. The molecule has 1 aliphatic rings. The van der Waals surface area contributed by atoms with Crippen LogP contribution in [0.1, 0.15) is 25.1 Å². The molecule has 0 aromatic carbocycles. The van der Waals surface area contributed by atoms with E-state index in [1.54, 1.807) is 6.33 Å². The van der Waals surface area contributed by atoms with E-state index in [1.165, 1.54) is 0 Å². The molecule has 0 saturated heterocycles. The first-order chi connectivity index (χ1) is 6.27. The number of nitrogens with zero attached hydrogens (tertiary/aromatic N) is 3. The van der Waals surface area contributed by atoms with Crippen LogP contribution in [0.2, 0.25) is 0 Å². The third-order valence-electron chi connectivity index (χ3n) is 1.85. The van der Waals surface area contributed by atoms with E-state index in [0.717, 1.165) is 17.1 Å². The summed E-state index contributed by atoms with van der Waals surface area (Å²) in [6, 6.07) is 0.382. The molecule has 0 saturated carbocycles. The summed E-state index contributed by atoms with van der Waals surface area (Å²) >= 11 is 0. The van der Waals surface area contributed by atoms with Gasteiger partial charge in [0.05, 0.1) is 17.8 Å². The standard InChI is InChI=1S/C9H12N4/c1-6(2)13-9-7-3-10-4-8(7)11-5-12-9/h3,5-6H,4H2,1-2H3,(H,11,12,13). The predicted molar refractivity (Wildman–Crippen MR) is 52.1 cm³/mol. The average molecular weight is 176 g/mol. The molecule has 0 fully saturated rings. The Morgan fingerprint density at radius 3 is 3.00 bits per heavy atom. The van der Waals surface area contributed by atoms with Gasteiger partial charge in [0, 0.05) is 12.3 Å². The first-order valence-corrected chi connectivity index (χ1v) is 4.37. The highest BCUT2D eigenvalue weighted by Crippen LogP contribution is 2.18. The van der Waals surface area contributed by atoms with E-state index in [4.69, 9.17) is 0 Å². The molecule has 13 heavy (non-hydrogen) atoms. The molecule has 1 aromatic heterocycles. The molecule has 1 aliphatic heterocycles. The van der Waals surface area contributed by atoms with Gasteiger partial charge in [0.1, 0.15) is 12.1 Å². The Balaban J connectivity index is 2.35. The smallest absolute Gasteiger partial charge is 0.138 e. The summed E-state index contributed by atoms with van der Waals surface area (Å²) in [6.07, 6.45) is 3.41. The Morgan fingerprint density at radius 1 is 1.38 bits per heavy atom. The normalized spacial score (nSPS) is 13.5. The summed E-state index contributed by atoms with van der Waals surface area (Å²) in [6.45, 7) is 4.85. The van der Waals surface area contributed by atoms with Gasteiger partial charge in [-0.15, -0.1) is 0 Å². The molecule has 0 spiro atoms. The Labute approximate surface area is 77.1 Å². The molecule has 2 rings (SSSR count). The summed E-state index contributed by atoms with van der Waals surface area (Å²) in [5, 5.41) is 3.26. The SMILES string of the molecule is CC(C)Nc1ncnc2c1C=NC2. The maximum Gasteiger partial charge on any atom is 0.138 e. The van der Waals surface area contributed by atoms with Crippen LogP contribution in [0.4, 0.5) is 5.82 Å². The second-order valence-corrected chi connectivity index (χ2v) is 3.35. The van der Waals surface area contributed by atoms with Crippen molar-refractivity contribution in [2.24, 2.45) is 4.99 Å². The van der Waals surface area contributed by atoms with E-state index in [1.807, 2.05) is 6.21 Å². The van der Waals surface area contributed by atoms with Crippen molar-refractivity contribution >= 4 is 12.0 Å². The van der Waals surface area contributed by atoms with Crippen LogP contribution in [0, 0.1) is 0 Å². The quantitative estimate of drug-likeness (QED) is 0.737. The van der Waals surface area contributed by atoms with E-state index >= 15 is 0 Å². The van der Waals surface area contributed by atoms with Crippen molar-refractivity contribution in [2.75, 3.05) is 5.32 Å². The number of hydrogen-bond acceptors (Lipinski definition) is 4. The summed E-state index contributed by atoms with van der Waals surface area (Å²) in [7, 11) is 0. The summed E-state index contributed by atoms with van der Waals surface area (Å²) in [5.41, 5.74) is 2.05. The van der Waals surface area contributed by atoms with Crippen LogP contribution < -0.4 is 5.32 Å². The van der Waals surface area contributed by atoms with Crippen molar-refractivity contribution < 1.29 is 0 Å². The average Bonchev–Trinajstić information content (AvgIpc) is 2.51. The lowest BCUT2D eigenvalue weighted by molar-refractivity contribution is 0.880. The van der Waals surface area contributed by atoms with Gasteiger partial charge < -0.3 is 5.32 Å². The van der Waals surface area contributed by atoms with Crippen LogP contribution in [0.15, 0.2) is 11.3 Å². The van der Waals surface area contributed by atoms with Crippen molar-refractivity contribution in [3.05, 3.63) is 17.6 Å². The number of fused-ring (bicyclic) bond motifs is 1. The first kappa shape index (κ1) is 8.16. The van der Waals surface area contributed by atoms with Gasteiger partial charge in [0.2, 0.25) is 0 Å². The minimum Gasteiger partial charge on any atom is -0.367 e. The summed E-state index contributed by atoms with van der Waals surface area (Å²) in [5.74, 6) is 0.890. The molecule has 4 nitrogen and oxygen atoms in total. The fourth-order valence-corrected chi connectivity index (χ4v) is 1.31. The Bertz CT molecular complexity index is 343. The van der Waals surface area contributed by atoms with Crippen LogP contribution in [-0.4, -0.2) is 22.2 Å². The van der Waals surface area contributed by atoms with Gasteiger partial charge in [0.15, 0.2) is 0 Å². The fraction of sp³-hybridized carbons (Fsp3) is 0.444. The maximum atomic E-state index is 4.18. The zero-order chi connectivity index (χ0) is 9.26. The summed E-state index contributed by atoms with van der Waals surface area (Å²) < 4.78 is 0. The highest BCUT2D eigenvalue weighted by Gasteiger charge is 2.13. The van der Waals surface area contributed by atoms with E-state index in [2.05, 4.69) is 34.1 Å². The fourth-order valence-electron chi connectivity index (χ4n) is 1.31. The van der Waals surface area contributed by atoms with Gasteiger partial charge in [-0.25, -0.2) is 9.97 Å². The minimum atomic E-state index is 0.382. The van der Waals surface area contributed by atoms with Crippen molar-refractivity contribution in [1.29, 1.82) is 0 Å². The van der Waals surface area contributed by atoms with Gasteiger partial charge in [-0.2, -0.15) is 0 Å². The minimum absolute atomic E-state index is 0.382. The molecule has 0 unspecified atom stereocenters. The van der Waals surface area contributed by atoms with Gasteiger partial charge in [-0.1, -0.05) is 0 Å². The highest BCUT2D eigenvalue weighted by atomic mass is 15.0. The molecular formula is C9H12N4. The Kier molecular flexibility index (Phi) is 1.96. The molecule has 0 amide bonds. The molecule has 4 heteroatoms. The van der Waals surface area contributed by atoms with Gasteiger partial charge in [-0.05, 0) is 13.8 Å². The number of aliphatic imine (C=N–C) groups is 1. The molecule has 0 bridgehead atoms. The molecule has 1 N–H and O–H groups in total. The molecule has 2 heterocycles. The van der Waals surface area contributed by atoms with Crippen molar-refractivity contribution in [3.63, 3.8) is 0 Å². The molecule has 0 radical (unpaired) electrons. The van der Waals surface area contributed by atoms with Gasteiger partial charge in [0.25, 0.3) is 0 Å². The molecule has 68 valence electrons. The van der Waals surface area contributed by atoms with Gasteiger partial charge >= 0.3 is 0 Å². The van der Waals surface area contributed by atoms with Gasteiger partial charge in [-0.3, -0.25) is 4.99 Å². The largest absolute Gasteiger partial charge is 0.367 e. The number of rotatable bonds is 2. The maximum absolute atomic E-state index is 4.18. The van der Waals surface area contributed by atoms with Crippen molar-refractivity contribution in [3.8, 4) is 0 Å². The van der Waals surface area contributed by atoms with Crippen LogP contribution in [0.3, 0.4) is 0 Å². The first-order valence-electron chi connectivity index (χ1n) is 4.37. The number of anilines is 1. The topological polar surface area (TPSA) is 50.2 Å². The monoisotopic (exact) mass is 176 g/mol. The molecule has 0 aliphatic carbocycles. The lowest BCUT2D eigenvalue weighted by Gasteiger charge is -2.10. The van der Waals surface area contributed by atoms with E-state index < -0.39 is 0 Å². The van der Waals surface area contributed by atoms with Crippen molar-refractivity contribution in [1.82, 2.24) is 9.97 Å². The lowest BCUT2D eigenvalue weighted by atomic mass is 10.2. The second kappa shape index (κ2) is 3.12. The summed E-state index contributed by atoms with van der Waals surface area (Å²) in [4.78, 5) is 12.5. The Hall–Kier alpha value is -1.45. The van der Waals surface area contributed by atoms with Crippen LogP contribution in [0.25, 0.3) is 0 Å². The third kappa shape index (κ3) is 1.52. The van der Waals surface area contributed by atoms with Crippen LogP contribution >= 0.6 is 0 Å². The van der Waals surface area contributed by atoms with Crippen LogP contribution in [-0.2, 0) is 6.54 Å². The zero-order valence-electron chi connectivity index (χ0n) is 7.78. The number of hydrogen-bond donors (Lipinski definition) is 1. The molecule has 0 atom stereocenters. The van der Waals surface area contributed by atoms with E-state index in [-0.39, 0.29) is 0 Å². The zero-order valence-corrected chi connectivity index (χ0v) is 7.78. The lowest BCUT2D eigenvalue weighted by Crippen LogP contribution is -2.13. The predicted octanol–water partition coefficient (Wildman–Crippen LogP) is 1.23. The van der Waals surface area contributed by atoms with E-state index in [9.17, 15) is 0 Å². The van der Waals surface area contributed by atoms with Crippen LogP contribution in [0.5, 0.6) is 0 Å². The molecular weight excluding hydrogens is 164 g/mol.